The van der Waals surface area contributed by atoms with Gasteiger partial charge in [0.15, 0.2) is 6.04 Å². The molecule has 8 heteroatoms. The van der Waals surface area contributed by atoms with E-state index in [9.17, 15) is 23.5 Å². The second-order valence-corrected chi connectivity index (χ2v) is 6.25. The van der Waals surface area contributed by atoms with Crippen LogP contribution in [0.5, 0.6) is 0 Å². The molecule has 1 spiro atoms. The summed E-state index contributed by atoms with van der Waals surface area (Å²) in [6, 6.07) is 1.31. The third-order valence-electron chi connectivity index (χ3n) is 4.64. The normalized spacial score (nSPS) is 23.6. The lowest BCUT2D eigenvalue weighted by Crippen LogP contribution is -2.57. The number of halogens is 2. The Morgan fingerprint density at radius 1 is 1.21 bits per heavy atom. The van der Waals surface area contributed by atoms with Crippen LogP contribution in [-0.2, 0) is 9.53 Å². The molecule has 0 saturated carbocycles. The van der Waals surface area contributed by atoms with E-state index in [1.807, 2.05) is 11.9 Å². The van der Waals surface area contributed by atoms with Crippen LogP contribution >= 0.6 is 0 Å². The van der Waals surface area contributed by atoms with Crippen molar-refractivity contribution in [1.29, 1.82) is 0 Å². The van der Waals surface area contributed by atoms with Crippen molar-refractivity contribution in [3.63, 3.8) is 0 Å². The number of carboxylic acid groups (broad SMARTS) is 1. The minimum Gasteiger partial charge on any atom is -0.480 e. The summed E-state index contributed by atoms with van der Waals surface area (Å²) in [7, 11) is 1.92. The van der Waals surface area contributed by atoms with E-state index in [2.05, 4.69) is 0 Å². The van der Waals surface area contributed by atoms with Crippen molar-refractivity contribution in [3.05, 3.63) is 35.4 Å². The lowest BCUT2D eigenvalue weighted by molar-refractivity contribution is -0.143. The fourth-order valence-corrected chi connectivity index (χ4v) is 3.34. The van der Waals surface area contributed by atoms with Gasteiger partial charge in [0.05, 0.1) is 6.61 Å². The van der Waals surface area contributed by atoms with Gasteiger partial charge in [-0.2, -0.15) is 0 Å². The van der Waals surface area contributed by atoms with Gasteiger partial charge >= 0.3 is 5.97 Å². The number of hydrogen-bond acceptors (Lipinski definition) is 4. The van der Waals surface area contributed by atoms with Crippen LogP contribution in [0, 0.1) is 11.6 Å². The van der Waals surface area contributed by atoms with Crippen LogP contribution in [0.4, 0.5) is 8.78 Å². The number of rotatable bonds is 2. The molecular formula is C16H18F2N2O4. The third-order valence-corrected chi connectivity index (χ3v) is 4.64. The van der Waals surface area contributed by atoms with Gasteiger partial charge in [0.25, 0.3) is 5.91 Å². The largest absolute Gasteiger partial charge is 0.480 e. The van der Waals surface area contributed by atoms with E-state index in [-0.39, 0.29) is 12.2 Å². The van der Waals surface area contributed by atoms with Crippen molar-refractivity contribution in [2.75, 3.05) is 26.7 Å². The summed E-state index contributed by atoms with van der Waals surface area (Å²) < 4.78 is 32.6. The van der Waals surface area contributed by atoms with Gasteiger partial charge in [-0.15, -0.1) is 0 Å². The minimum atomic E-state index is -1.20. The quantitative estimate of drug-likeness (QED) is 0.879. The van der Waals surface area contributed by atoms with Gasteiger partial charge in [-0.1, -0.05) is 0 Å². The van der Waals surface area contributed by atoms with E-state index in [0.717, 1.165) is 17.0 Å². The molecule has 0 aromatic heterocycles. The molecule has 6 nitrogen and oxygen atoms in total. The Kier molecular flexibility index (Phi) is 4.27. The van der Waals surface area contributed by atoms with E-state index >= 15 is 0 Å². The molecule has 2 aliphatic rings. The summed E-state index contributed by atoms with van der Waals surface area (Å²) in [5.41, 5.74) is -1.27. The first-order valence-corrected chi connectivity index (χ1v) is 7.67. The number of carbonyl (C=O) groups excluding carboxylic acids is 1. The lowest BCUT2D eigenvalue weighted by Gasteiger charge is -2.43. The molecule has 2 heterocycles. The van der Waals surface area contributed by atoms with Crippen molar-refractivity contribution in [3.8, 4) is 0 Å². The zero-order valence-electron chi connectivity index (χ0n) is 13.2. The van der Waals surface area contributed by atoms with Crippen LogP contribution in [0.2, 0.25) is 0 Å². The van der Waals surface area contributed by atoms with Crippen molar-refractivity contribution in [2.45, 2.75) is 24.6 Å². The summed E-state index contributed by atoms with van der Waals surface area (Å²) in [6.45, 7) is 1.13. The van der Waals surface area contributed by atoms with Crippen molar-refractivity contribution < 1.29 is 28.2 Å². The molecule has 130 valence electrons. The topological polar surface area (TPSA) is 70.1 Å². The molecule has 2 aliphatic heterocycles. The minimum absolute atomic E-state index is 0.136. The van der Waals surface area contributed by atoms with Gasteiger partial charge in [0.2, 0.25) is 0 Å². The Balaban J connectivity index is 1.98. The zero-order valence-corrected chi connectivity index (χ0v) is 13.2. The number of piperidine rings is 1. The van der Waals surface area contributed by atoms with E-state index < -0.39 is 35.3 Å². The fourth-order valence-electron chi connectivity index (χ4n) is 3.34. The molecular weight excluding hydrogens is 322 g/mol. The number of likely N-dealkylation sites (tertiary alicyclic amines) is 1. The molecule has 24 heavy (non-hydrogen) atoms. The first-order chi connectivity index (χ1) is 11.3. The van der Waals surface area contributed by atoms with E-state index in [1.165, 1.54) is 0 Å². The second kappa shape index (κ2) is 6.10. The highest BCUT2D eigenvalue weighted by atomic mass is 19.1. The molecule has 1 aromatic rings. The smallest absolute Gasteiger partial charge is 0.328 e. The van der Waals surface area contributed by atoms with Crippen LogP contribution in [0.3, 0.4) is 0 Å². The molecule has 0 radical (unpaired) electrons. The molecule has 2 fully saturated rings. The van der Waals surface area contributed by atoms with Gasteiger partial charge < -0.3 is 14.7 Å². The molecule has 0 aliphatic carbocycles. The molecule has 2 saturated heterocycles. The molecule has 1 aromatic carbocycles. The van der Waals surface area contributed by atoms with Gasteiger partial charge in [-0.3, -0.25) is 9.69 Å². The Morgan fingerprint density at radius 3 is 2.33 bits per heavy atom. The fraction of sp³-hybridized carbons (Fsp3) is 0.500. The zero-order chi connectivity index (χ0) is 17.5. The van der Waals surface area contributed by atoms with Crippen LogP contribution in [-0.4, -0.2) is 65.3 Å². The Labute approximate surface area is 137 Å². The Hall–Kier alpha value is -2.06. The molecule has 1 atom stereocenters. The second-order valence-electron chi connectivity index (χ2n) is 6.25. The third kappa shape index (κ3) is 2.87. The standard InChI is InChI=1S/C16H18F2N2O4/c1-19-4-2-16(3-5-19)20(13(9-24-16)15(22)23)14(21)10-6-11(17)8-12(18)7-10/h6-8,13H,2-5,9H2,1H3,(H,22,23)/t13-/m0/s1. The highest BCUT2D eigenvalue weighted by molar-refractivity contribution is 5.97. The number of benzene rings is 1. The van der Waals surface area contributed by atoms with Gasteiger partial charge in [0.1, 0.15) is 17.4 Å². The van der Waals surface area contributed by atoms with Crippen molar-refractivity contribution in [1.82, 2.24) is 9.80 Å². The molecule has 0 bridgehead atoms. The Bertz CT molecular complexity index is 654. The predicted octanol–water partition coefficient (Wildman–Crippen LogP) is 1.31. The number of hydrogen-bond donors (Lipinski definition) is 1. The predicted molar refractivity (Wildman–Crippen MR) is 79.4 cm³/mol. The molecule has 0 unspecified atom stereocenters. The number of amides is 1. The average Bonchev–Trinajstić information content (AvgIpc) is 2.88. The van der Waals surface area contributed by atoms with Crippen LogP contribution in [0.15, 0.2) is 18.2 Å². The van der Waals surface area contributed by atoms with Crippen molar-refractivity contribution in [2.24, 2.45) is 0 Å². The summed E-state index contributed by atoms with van der Waals surface area (Å²) in [5, 5.41) is 9.42. The van der Waals surface area contributed by atoms with E-state index in [0.29, 0.717) is 32.0 Å². The summed E-state index contributed by atoms with van der Waals surface area (Å²) >= 11 is 0. The SMILES string of the molecule is CN1CCC2(CC1)OC[C@@H](C(=O)O)N2C(=O)c1cc(F)cc(F)c1. The number of ether oxygens (including phenoxy) is 1. The van der Waals surface area contributed by atoms with Gasteiger partial charge in [-0.05, 0) is 19.2 Å². The first kappa shape index (κ1) is 16.8. The molecule has 1 amide bonds. The summed E-state index contributed by atoms with van der Waals surface area (Å²) in [6.07, 6.45) is 0.883. The van der Waals surface area contributed by atoms with Crippen LogP contribution < -0.4 is 0 Å². The van der Waals surface area contributed by atoms with Gasteiger partial charge in [0, 0.05) is 37.6 Å². The maximum Gasteiger partial charge on any atom is 0.328 e. The first-order valence-electron chi connectivity index (χ1n) is 7.67. The van der Waals surface area contributed by atoms with Gasteiger partial charge in [-0.25, -0.2) is 13.6 Å². The maximum atomic E-state index is 13.5. The van der Waals surface area contributed by atoms with Crippen LogP contribution in [0.1, 0.15) is 23.2 Å². The van der Waals surface area contributed by atoms with E-state index in [4.69, 9.17) is 4.74 Å². The molecule has 3 rings (SSSR count). The highest BCUT2D eigenvalue weighted by Crippen LogP contribution is 2.38. The number of carboxylic acids is 1. The van der Waals surface area contributed by atoms with Crippen molar-refractivity contribution >= 4 is 11.9 Å². The van der Waals surface area contributed by atoms with E-state index in [1.54, 1.807) is 0 Å². The highest BCUT2D eigenvalue weighted by Gasteiger charge is 2.53. The number of nitrogens with zero attached hydrogens (tertiary/aromatic N) is 2. The molecule has 1 N–H and O–H groups in total. The lowest BCUT2D eigenvalue weighted by atomic mass is 9.97. The maximum absolute atomic E-state index is 13.5. The monoisotopic (exact) mass is 340 g/mol. The van der Waals surface area contributed by atoms with Crippen LogP contribution in [0.25, 0.3) is 0 Å². The summed E-state index contributed by atoms with van der Waals surface area (Å²) in [4.78, 5) is 27.6. The number of carbonyl (C=O) groups is 2. The number of aliphatic carboxylic acids is 1. The summed E-state index contributed by atoms with van der Waals surface area (Å²) in [5.74, 6) is -3.70. The Morgan fingerprint density at radius 2 is 1.79 bits per heavy atom. The average molecular weight is 340 g/mol.